The van der Waals surface area contributed by atoms with Crippen molar-refractivity contribution in [3.8, 4) is 5.75 Å². The van der Waals surface area contributed by atoms with Crippen LogP contribution in [0, 0.1) is 35.4 Å². The first kappa shape index (κ1) is 29.4. The van der Waals surface area contributed by atoms with Gasteiger partial charge in [-0.3, -0.25) is 4.79 Å². The summed E-state index contributed by atoms with van der Waals surface area (Å²) in [6.45, 7) is 4.43. The van der Waals surface area contributed by atoms with Crippen LogP contribution in [0.1, 0.15) is 113 Å². The standard InChI is InChI=1S/C31H44F4O3/c1-3-5-20-6-8-21(9-7-20)22-10-12-23(13-11-22)24-14-15-25(38-19-24)18-27(36)26-16-17-28(37-4-2)30(32)29(26)31(33,34)35/h16-17,20-25H,3-15,18-19H2,1-2H3. The molecule has 1 aromatic carbocycles. The predicted molar refractivity (Wildman–Crippen MR) is 140 cm³/mol. The van der Waals surface area contributed by atoms with Crippen molar-refractivity contribution in [3.63, 3.8) is 0 Å². The van der Waals surface area contributed by atoms with Gasteiger partial charge < -0.3 is 9.47 Å². The van der Waals surface area contributed by atoms with Gasteiger partial charge in [0.25, 0.3) is 0 Å². The van der Waals surface area contributed by atoms with Crippen molar-refractivity contribution in [2.24, 2.45) is 29.6 Å². The molecule has 1 saturated heterocycles. The van der Waals surface area contributed by atoms with Crippen LogP contribution < -0.4 is 4.74 Å². The zero-order valence-electron chi connectivity index (χ0n) is 23.0. The van der Waals surface area contributed by atoms with Gasteiger partial charge in [-0.05, 0) is 100 Å². The fraction of sp³-hybridized carbons (Fsp3) is 0.774. The lowest BCUT2D eigenvalue weighted by Crippen LogP contribution is -2.34. The average molecular weight is 541 g/mol. The molecule has 3 aliphatic rings. The third-order valence-electron chi connectivity index (χ3n) is 9.55. The zero-order chi connectivity index (χ0) is 27.3. The quantitative estimate of drug-likeness (QED) is 0.232. The van der Waals surface area contributed by atoms with Gasteiger partial charge in [0.1, 0.15) is 5.56 Å². The number of benzene rings is 1. The van der Waals surface area contributed by atoms with E-state index in [0.717, 1.165) is 36.3 Å². The van der Waals surface area contributed by atoms with E-state index >= 15 is 0 Å². The highest BCUT2D eigenvalue weighted by molar-refractivity contribution is 5.98. The van der Waals surface area contributed by atoms with Crippen molar-refractivity contribution in [1.29, 1.82) is 0 Å². The van der Waals surface area contributed by atoms with Gasteiger partial charge in [-0.1, -0.05) is 32.6 Å². The molecule has 0 N–H and O–H groups in total. The molecule has 4 rings (SSSR count). The Bertz CT molecular complexity index is 906. The number of hydrogen-bond donors (Lipinski definition) is 0. The topological polar surface area (TPSA) is 35.5 Å². The number of carbonyl (C=O) groups is 1. The van der Waals surface area contributed by atoms with Crippen LogP contribution in [0.4, 0.5) is 17.6 Å². The number of rotatable bonds is 9. The molecule has 3 fully saturated rings. The minimum atomic E-state index is -4.99. The van der Waals surface area contributed by atoms with Crippen LogP contribution in [0.25, 0.3) is 0 Å². The first-order valence-corrected chi connectivity index (χ1v) is 14.9. The first-order valence-electron chi connectivity index (χ1n) is 14.9. The van der Waals surface area contributed by atoms with E-state index in [-0.39, 0.29) is 13.0 Å². The Morgan fingerprint density at radius 2 is 1.47 bits per heavy atom. The lowest BCUT2D eigenvalue weighted by Gasteiger charge is -2.41. The summed E-state index contributed by atoms with van der Waals surface area (Å²) in [4.78, 5) is 12.8. The molecular formula is C31H44F4O3. The molecule has 0 bridgehead atoms. The van der Waals surface area contributed by atoms with E-state index in [1.165, 1.54) is 64.2 Å². The van der Waals surface area contributed by atoms with Gasteiger partial charge in [-0.2, -0.15) is 13.2 Å². The van der Waals surface area contributed by atoms with Gasteiger partial charge in [0.15, 0.2) is 17.3 Å². The van der Waals surface area contributed by atoms with Gasteiger partial charge in [0, 0.05) is 12.0 Å². The molecule has 0 aromatic heterocycles. The van der Waals surface area contributed by atoms with Gasteiger partial charge >= 0.3 is 6.18 Å². The fourth-order valence-corrected chi connectivity index (χ4v) is 7.45. The van der Waals surface area contributed by atoms with Gasteiger partial charge in [-0.25, -0.2) is 4.39 Å². The Labute approximate surface area is 225 Å². The van der Waals surface area contributed by atoms with Crippen molar-refractivity contribution in [1.82, 2.24) is 0 Å². The number of alkyl halides is 3. The Balaban J connectivity index is 1.25. The van der Waals surface area contributed by atoms with Crippen molar-refractivity contribution < 1.29 is 31.8 Å². The summed E-state index contributed by atoms with van der Waals surface area (Å²) in [5.74, 6) is 1.04. The number of halogens is 4. The highest BCUT2D eigenvalue weighted by atomic mass is 19.4. The maximum atomic E-state index is 14.6. The van der Waals surface area contributed by atoms with Crippen LogP contribution in [0.5, 0.6) is 5.75 Å². The van der Waals surface area contributed by atoms with Crippen molar-refractivity contribution in [2.45, 2.75) is 110 Å². The molecule has 0 radical (unpaired) electrons. The third kappa shape index (κ3) is 7.11. The Morgan fingerprint density at radius 3 is 2.00 bits per heavy atom. The molecule has 0 spiro atoms. The second-order valence-corrected chi connectivity index (χ2v) is 11.9. The van der Waals surface area contributed by atoms with Crippen LogP contribution in [0.15, 0.2) is 12.1 Å². The Hall–Kier alpha value is -1.63. The minimum Gasteiger partial charge on any atom is -0.491 e. The molecular weight excluding hydrogens is 496 g/mol. The summed E-state index contributed by atoms with van der Waals surface area (Å²) >= 11 is 0. The lowest BCUT2D eigenvalue weighted by atomic mass is 9.66. The summed E-state index contributed by atoms with van der Waals surface area (Å²) in [6.07, 6.45) is 9.36. The second-order valence-electron chi connectivity index (χ2n) is 11.9. The number of hydrogen-bond acceptors (Lipinski definition) is 3. The molecule has 0 amide bonds. The first-order chi connectivity index (χ1) is 18.2. The SMILES string of the molecule is CCCC1CCC(C2CCC(C3CCC(CC(=O)c4ccc(OCC)c(F)c4C(F)(F)F)OC3)CC2)CC1. The van der Waals surface area contributed by atoms with Gasteiger partial charge in [0.05, 0.1) is 19.3 Å². The monoisotopic (exact) mass is 540 g/mol. The van der Waals surface area contributed by atoms with Crippen molar-refractivity contribution in [2.75, 3.05) is 13.2 Å². The van der Waals surface area contributed by atoms with Crippen molar-refractivity contribution in [3.05, 3.63) is 29.1 Å². The summed E-state index contributed by atoms with van der Waals surface area (Å²) < 4.78 is 66.5. The minimum absolute atomic E-state index is 0.0281. The molecule has 214 valence electrons. The third-order valence-corrected chi connectivity index (χ3v) is 9.55. The van der Waals surface area contributed by atoms with Crippen molar-refractivity contribution >= 4 is 5.78 Å². The molecule has 7 heteroatoms. The van der Waals surface area contributed by atoms with Crippen LogP contribution in [0.2, 0.25) is 0 Å². The Morgan fingerprint density at radius 1 is 0.895 bits per heavy atom. The highest BCUT2D eigenvalue weighted by Crippen LogP contribution is 2.45. The summed E-state index contributed by atoms with van der Waals surface area (Å²) in [5.41, 5.74) is -2.19. The fourth-order valence-electron chi connectivity index (χ4n) is 7.45. The largest absolute Gasteiger partial charge is 0.491 e. The van der Waals surface area contributed by atoms with Gasteiger partial charge in [-0.15, -0.1) is 0 Å². The molecule has 1 aromatic rings. The molecule has 2 saturated carbocycles. The summed E-state index contributed by atoms with van der Waals surface area (Å²) in [5, 5.41) is 0. The van der Waals surface area contributed by atoms with Gasteiger partial charge in [0.2, 0.25) is 0 Å². The van der Waals surface area contributed by atoms with E-state index in [0.29, 0.717) is 24.9 Å². The smallest absolute Gasteiger partial charge is 0.420 e. The zero-order valence-corrected chi connectivity index (χ0v) is 23.0. The Kier molecular flexibility index (Phi) is 10.2. The van der Waals surface area contributed by atoms with E-state index in [4.69, 9.17) is 9.47 Å². The normalized spacial score (nSPS) is 30.7. The average Bonchev–Trinajstić information content (AvgIpc) is 2.90. The molecule has 1 heterocycles. The van der Waals surface area contributed by atoms with Crippen LogP contribution in [0.3, 0.4) is 0 Å². The van der Waals surface area contributed by atoms with E-state index < -0.39 is 40.8 Å². The number of carbonyl (C=O) groups excluding carboxylic acids is 1. The van der Waals surface area contributed by atoms with E-state index in [2.05, 4.69) is 6.92 Å². The maximum Gasteiger partial charge on any atom is 0.420 e. The number of ketones is 1. The molecule has 2 atom stereocenters. The number of Topliss-reactive ketones (excluding diaryl/α,β-unsaturated/α-hetero) is 1. The lowest BCUT2D eigenvalue weighted by molar-refractivity contribution is -0.140. The van der Waals surface area contributed by atoms with E-state index in [1.54, 1.807) is 6.92 Å². The van der Waals surface area contributed by atoms with E-state index in [1.807, 2.05) is 0 Å². The van der Waals surface area contributed by atoms with Crippen LogP contribution in [-0.4, -0.2) is 25.1 Å². The summed E-state index contributed by atoms with van der Waals surface area (Å²) in [7, 11) is 0. The molecule has 38 heavy (non-hydrogen) atoms. The van der Waals surface area contributed by atoms with Crippen LogP contribution in [-0.2, 0) is 10.9 Å². The molecule has 2 aliphatic carbocycles. The second kappa shape index (κ2) is 13.1. The molecule has 1 aliphatic heterocycles. The number of ether oxygens (including phenoxy) is 2. The predicted octanol–water partition coefficient (Wildman–Crippen LogP) is 9.02. The summed E-state index contributed by atoms with van der Waals surface area (Å²) in [6, 6.07) is 2.13. The maximum absolute atomic E-state index is 14.6. The molecule has 3 nitrogen and oxygen atoms in total. The van der Waals surface area contributed by atoms with E-state index in [9.17, 15) is 22.4 Å². The molecule has 2 unspecified atom stereocenters. The highest BCUT2D eigenvalue weighted by Gasteiger charge is 2.41. The van der Waals surface area contributed by atoms with Crippen LogP contribution >= 0.6 is 0 Å².